The first-order chi connectivity index (χ1) is 16.6. The van der Waals surface area contributed by atoms with Crippen LogP contribution in [0.25, 0.3) is 22.5 Å². The van der Waals surface area contributed by atoms with E-state index in [0.29, 0.717) is 28.3 Å². The molecule has 0 saturated heterocycles. The Morgan fingerprint density at radius 2 is 1.97 bits per heavy atom. The second-order valence-corrected chi connectivity index (χ2v) is 8.80. The van der Waals surface area contributed by atoms with Crippen LogP contribution >= 0.6 is 0 Å². The van der Waals surface area contributed by atoms with Crippen molar-refractivity contribution in [3.63, 3.8) is 0 Å². The third-order valence-electron chi connectivity index (χ3n) is 6.25. The van der Waals surface area contributed by atoms with Crippen LogP contribution in [0.2, 0.25) is 0 Å². The maximum Gasteiger partial charge on any atom is 0.435 e. The fourth-order valence-corrected chi connectivity index (χ4v) is 4.70. The summed E-state index contributed by atoms with van der Waals surface area (Å²) >= 11 is 0. The van der Waals surface area contributed by atoms with E-state index in [4.69, 9.17) is 10.5 Å². The van der Waals surface area contributed by atoms with Crippen molar-refractivity contribution in [2.45, 2.75) is 46.0 Å². The highest BCUT2D eigenvalue weighted by Gasteiger charge is 2.40. The fourth-order valence-electron chi connectivity index (χ4n) is 4.70. The summed E-state index contributed by atoms with van der Waals surface area (Å²) in [5.74, 6) is 0.457. The molecule has 1 atom stereocenters. The van der Waals surface area contributed by atoms with E-state index in [9.17, 15) is 13.2 Å². The lowest BCUT2D eigenvalue weighted by molar-refractivity contribution is -0.142. The lowest BCUT2D eigenvalue weighted by Crippen LogP contribution is -2.11. The van der Waals surface area contributed by atoms with E-state index in [0.717, 1.165) is 16.7 Å². The molecule has 3 aromatic heterocycles. The number of anilines is 1. The summed E-state index contributed by atoms with van der Waals surface area (Å²) in [5.41, 5.74) is 10.00. The van der Waals surface area contributed by atoms with Crippen LogP contribution in [-0.2, 0) is 26.2 Å². The summed E-state index contributed by atoms with van der Waals surface area (Å²) in [5, 5.41) is 8.60. The first-order valence-corrected chi connectivity index (χ1v) is 11.3. The van der Waals surface area contributed by atoms with E-state index in [2.05, 4.69) is 15.2 Å². The maximum atomic E-state index is 14.2. The number of alkyl halides is 3. The molecule has 10 heteroatoms. The van der Waals surface area contributed by atoms with Crippen molar-refractivity contribution in [2.75, 3.05) is 5.73 Å². The Morgan fingerprint density at radius 1 is 1.20 bits per heavy atom. The SMILES string of the molecule is CCn1nc(C(F)(F)F)c2c1-c1cnc(N)c(c1)O[C@H](C)c1cc(C)ccc1-c1nn(C)cc1C2. The van der Waals surface area contributed by atoms with E-state index < -0.39 is 18.0 Å². The number of nitrogen functional groups attached to an aromatic ring is 1. The van der Waals surface area contributed by atoms with Crippen molar-refractivity contribution in [1.82, 2.24) is 24.5 Å². The van der Waals surface area contributed by atoms with Gasteiger partial charge in [-0.05, 0) is 26.8 Å². The Bertz CT molecular complexity index is 1440. The van der Waals surface area contributed by atoms with E-state index >= 15 is 0 Å². The number of pyridine rings is 1. The molecule has 0 radical (unpaired) electrons. The molecule has 0 saturated carbocycles. The van der Waals surface area contributed by atoms with Gasteiger partial charge in [-0.15, -0.1) is 0 Å². The second-order valence-electron chi connectivity index (χ2n) is 8.80. The molecule has 2 N–H and O–H groups in total. The molecule has 4 aromatic rings. The van der Waals surface area contributed by atoms with E-state index in [1.165, 1.54) is 10.9 Å². The van der Waals surface area contributed by atoms with Gasteiger partial charge in [-0.25, -0.2) is 4.98 Å². The van der Waals surface area contributed by atoms with Crippen LogP contribution in [0.15, 0.2) is 36.7 Å². The summed E-state index contributed by atoms with van der Waals surface area (Å²) in [6, 6.07) is 7.53. The molecule has 5 rings (SSSR count). The smallest absolute Gasteiger partial charge is 0.435 e. The number of halogens is 3. The Hall–Kier alpha value is -3.82. The van der Waals surface area contributed by atoms with Gasteiger partial charge < -0.3 is 10.5 Å². The summed E-state index contributed by atoms with van der Waals surface area (Å²) < 4.78 is 51.8. The molecule has 35 heavy (non-hydrogen) atoms. The molecule has 4 heterocycles. The lowest BCUT2D eigenvalue weighted by Gasteiger charge is -2.21. The zero-order chi connectivity index (χ0) is 25.1. The van der Waals surface area contributed by atoms with Crippen LogP contribution in [0.1, 0.15) is 47.9 Å². The first-order valence-electron chi connectivity index (χ1n) is 11.3. The zero-order valence-corrected chi connectivity index (χ0v) is 19.8. The predicted octanol–water partition coefficient (Wildman–Crippen LogP) is 5.32. The Kier molecular flexibility index (Phi) is 5.34. The molecule has 0 aliphatic carbocycles. The molecule has 7 nitrogen and oxygen atoms in total. The molecule has 0 unspecified atom stereocenters. The summed E-state index contributed by atoms with van der Waals surface area (Å²) in [6.45, 7) is 5.88. The molecule has 0 amide bonds. The number of aromatic nitrogens is 5. The second kappa shape index (κ2) is 8.14. The lowest BCUT2D eigenvalue weighted by atomic mass is 9.93. The van der Waals surface area contributed by atoms with Crippen LogP contribution in [0.4, 0.5) is 19.0 Å². The largest absolute Gasteiger partial charge is 0.482 e. The number of hydrogen-bond acceptors (Lipinski definition) is 5. The number of rotatable bonds is 1. The van der Waals surface area contributed by atoms with Crippen LogP contribution < -0.4 is 10.5 Å². The number of ether oxygens (including phenoxy) is 1. The molecule has 1 aliphatic rings. The van der Waals surface area contributed by atoms with Crippen LogP contribution in [0.5, 0.6) is 5.75 Å². The van der Waals surface area contributed by atoms with Crippen LogP contribution in [0, 0.1) is 6.92 Å². The van der Waals surface area contributed by atoms with Crippen molar-refractivity contribution in [3.8, 4) is 28.3 Å². The molecule has 1 aromatic carbocycles. The standard InChI is InChI=1S/C25H25F3N6O/c1-5-34-22-15-10-20(24(29)30-11-15)35-14(3)18-8-13(2)6-7-17(18)21-16(12-33(4)31-21)9-19(22)23(32-34)25(26,27)28/h6-8,10-12,14H,5,9H2,1-4H3,(H2,29,30)/t14-/m1/s1. The van der Waals surface area contributed by atoms with E-state index in [1.807, 2.05) is 32.0 Å². The monoisotopic (exact) mass is 482 g/mol. The van der Waals surface area contributed by atoms with Crippen molar-refractivity contribution >= 4 is 5.82 Å². The quantitative estimate of drug-likeness (QED) is 0.397. The van der Waals surface area contributed by atoms with Gasteiger partial charge in [-0.1, -0.05) is 23.8 Å². The van der Waals surface area contributed by atoms with Gasteiger partial charge in [0.05, 0.1) is 11.4 Å². The average molecular weight is 483 g/mol. The van der Waals surface area contributed by atoms with Crippen molar-refractivity contribution in [2.24, 2.45) is 7.05 Å². The van der Waals surface area contributed by atoms with Crippen LogP contribution in [0.3, 0.4) is 0 Å². The number of fused-ring (bicyclic) bond motifs is 7. The number of nitrogens with zero attached hydrogens (tertiary/aromatic N) is 5. The van der Waals surface area contributed by atoms with Crippen LogP contribution in [-0.4, -0.2) is 24.5 Å². The Labute approximate surface area is 200 Å². The summed E-state index contributed by atoms with van der Waals surface area (Å²) in [4.78, 5) is 4.24. The van der Waals surface area contributed by atoms with Gasteiger partial charge in [-0.3, -0.25) is 9.36 Å². The number of nitrogens with two attached hydrogens (primary N) is 1. The van der Waals surface area contributed by atoms with Gasteiger partial charge in [0, 0.05) is 60.2 Å². The normalized spacial score (nSPS) is 15.3. The molecule has 2 bridgehead atoms. The highest BCUT2D eigenvalue weighted by Crippen LogP contribution is 2.42. The molecule has 0 spiro atoms. The summed E-state index contributed by atoms with van der Waals surface area (Å²) in [7, 11) is 1.76. The van der Waals surface area contributed by atoms with E-state index in [-0.39, 0.29) is 24.3 Å². The van der Waals surface area contributed by atoms with Gasteiger partial charge >= 0.3 is 6.18 Å². The number of hydrogen-bond donors (Lipinski definition) is 1. The third kappa shape index (κ3) is 3.92. The average Bonchev–Trinajstić information content (AvgIpc) is 3.34. The predicted molar refractivity (Wildman–Crippen MR) is 126 cm³/mol. The highest BCUT2D eigenvalue weighted by atomic mass is 19.4. The highest BCUT2D eigenvalue weighted by molar-refractivity contribution is 5.73. The third-order valence-corrected chi connectivity index (χ3v) is 6.25. The minimum absolute atomic E-state index is 0.00435. The van der Waals surface area contributed by atoms with Crippen molar-refractivity contribution in [1.29, 1.82) is 0 Å². The first kappa shape index (κ1) is 22.9. The number of aryl methyl sites for hydroxylation is 3. The van der Waals surface area contributed by atoms with Crippen molar-refractivity contribution < 1.29 is 17.9 Å². The van der Waals surface area contributed by atoms with Crippen molar-refractivity contribution in [3.05, 3.63) is 64.6 Å². The number of benzene rings is 1. The minimum Gasteiger partial charge on any atom is -0.482 e. The Balaban J connectivity index is 1.87. The van der Waals surface area contributed by atoms with Gasteiger partial charge in [0.1, 0.15) is 6.10 Å². The van der Waals surface area contributed by atoms with Gasteiger partial charge in [0.2, 0.25) is 0 Å². The van der Waals surface area contributed by atoms with E-state index in [1.54, 1.807) is 30.9 Å². The Morgan fingerprint density at radius 3 is 2.69 bits per heavy atom. The van der Waals surface area contributed by atoms with Gasteiger partial charge in [0.15, 0.2) is 17.3 Å². The molecule has 182 valence electrons. The van der Waals surface area contributed by atoms with Gasteiger partial charge in [0.25, 0.3) is 0 Å². The summed E-state index contributed by atoms with van der Waals surface area (Å²) in [6.07, 6.45) is -1.83. The maximum absolute atomic E-state index is 14.2. The minimum atomic E-state index is -4.63. The zero-order valence-electron chi connectivity index (χ0n) is 19.8. The fraction of sp³-hybridized carbons (Fsp3) is 0.320. The molecular formula is C25H25F3N6O. The van der Waals surface area contributed by atoms with Gasteiger partial charge in [-0.2, -0.15) is 23.4 Å². The molecule has 0 fully saturated rings. The molecule has 1 aliphatic heterocycles. The molecular weight excluding hydrogens is 457 g/mol. The topological polar surface area (TPSA) is 83.8 Å².